The molecule has 0 spiro atoms. The Morgan fingerprint density at radius 2 is 1.88 bits per heavy atom. The largest absolute Gasteiger partial charge is 0.356 e. The lowest BCUT2D eigenvalue weighted by atomic mass is 10.0. The standard InChI is InChI=1S/C22H25ClFN7O/c1-13-11-20(26-15(3)25-13)30-9-7-16(8-10-30)29(4)22(32)21-14(2)31(28-27-21)17-5-6-19(24)18(23)12-17/h5-6,11-12,16H,7-10H2,1-4H3. The Morgan fingerprint density at radius 3 is 2.53 bits per heavy atom. The molecule has 1 fully saturated rings. The Labute approximate surface area is 191 Å². The van der Waals surface area contributed by atoms with Crippen LogP contribution in [0, 0.1) is 26.6 Å². The van der Waals surface area contributed by atoms with Crippen LogP contribution in [0.2, 0.25) is 5.02 Å². The summed E-state index contributed by atoms with van der Waals surface area (Å²) in [5.41, 5.74) is 2.35. The number of hydrogen-bond donors (Lipinski definition) is 0. The van der Waals surface area contributed by atoms with Crippen molar-refractivity contribution < 1.29 is 9.18 Å². The Kier molecular flexibility index (Phi) is 6.10. The summed E-state index contributed by atoms with van der Waals surface area (Å²) in [6, 6.07) is 6.36. The maximum absolute atomic E-state index is 13.5. The Morgan fingerprint density at radius 1 is 1.16 bits per heavy atom. The summed E-state index contributed by atoms with van der Waals surface area (Å²) in [7, 11) is 1.80. The number of benzene rings is 1. The van der Waals surface area contributed by atoms with Crippen molar-refractivity contribution in [3.05, 3.63) is 58.0 Å². The molecule has 0 radical (unpaired) electrons. The highest BCUT2D eigenvalue weighted by Crippen LogP contribution is 2.24. The Hall–Kier alpha value is -3.07. The third-order valence-corrected chi connectivity index (χ3v) is 6.14. The Balaban J connectivity index is 1.45. The van der Waals surface area contributed by atoms with E-state index in [1.165, 1.54) is 16.8 Å². The van der Waals surface area contributed by atoms with Crippen molar-refractivity contribution in [2.45, 2.75) is 39.7 Å². The molecule has 168 valence electrons. The number of piperidine rings is 1. The highest BCUT2D eigenvalue weighted by Gasteiger charge is 2.29. The summed E-state index contributed by atoms with van der Waals surface area (Å²) in [5.74, 6) is 0.992. The molecule has 1 saturated heterocycles. The van der Waals surface area contributed by atoms with Gasteiger partial charge in [0.05, 0.1) is 16.4 Å². The van der Waals surface area contributed by atoms with Gasteiger partial charge in [0.2, 0.25) is 0 Å². The number of aryl methyl sites for hydroxylation is 2. The van der Waals surface area contributed by atoms with E-state index in [9.17, 15) is 9.18 Å². The molecule has 1 amide bonds. The number of anilines is 1. The normalized spacial score (nSPS) is 14.6. The molecule has 2 aromatic heterocycles. The first-order valence-electron chi connectivity index (χ1n) is 10.5. The second kappa shape index (κ2) is 8.82. The van der Waals surface area contributed by atoms with Crippen LogP contribution in [-0.2, 0) is 0 Å². The SMILES string of the molecule is Cc1cc(N2CCC(N(C)C(=O)c3nnn(-c4ccc(F)c(Cl)c4)c3C)CC2)nc(C)n1. The zero-order valence-electron chi connectivity index (χ0n) is 18.5. The highest BCUT2D eigenvalue weighted by molar-refractivity contribution is 6.30. The molecule has 32 heavy (non-hydrogen) atoms. The van der Waals surface area contributed by atoms with Gasteiger partial charge in [0, 0.05) is 37.9 Å². The van der Waals surface area contributed by atoms with Crippen molar-refractivity contribution in [1.82, 2.24) is 29.9 Å². The molecule has 0 N–H and O–H groups in total. The van der Waals surface area contributed by atoms with Gasteiger partial charge in [-0.15, -0.1) is 5.10 Å². The number of rotatable bonds is 4. The van der Waals surface area contributed by atoms with Crippen LogP contribution in [0.25, 0.3) is 5.69 Å². The minimum absolute atomic E-state index is 0.0109. The van der Waals surface area contributed by atoms with E-state index < -0.39 is 5.82 Å². The van der Waals surface area contributed by atoms with Gasteiger partial charge >= 0.3 is 0 Å². The third kappa shape index (κ3) is 4.29. The molecule has 3 aromatic rings. The molecule has 3 heterocycles. The van der Waals surface area contributed by atoms with Crippen LogP contribution in [0.1, 0.15) is 40.5 Å². The Bertz CT molecular complexity index is 1140. The lowest BCUT2D eigenvalue weighted by molar-refractivity contribution is 0.0702. The molecule has 0 aliphatic carbocycles. The lowest BCUT2D eigenvalue weighted by Crippen LogP contribution is -2.46. The fourth-order valence-electron chi connectivity index (χ4n) is 4.06. The third-order valence-electron chi connectivity index (χ3n) is 5.85. The van der Waals surface area contributed by atoms with Gasteiger partial charge in [0.1, 0.15) is 17.5 Å². The molecular weight excluding hydrogens is 433 g/mol. The first kappa shape index (κ1) is 22.1. The van der Waals surface area contributed by atoms with Crippen molar-refractivity contribution in [1.29, 1.82) is 0 Å². The van der Waals surface area contributed by atoms with Crippen molar-refractivity contribution in [3.63, 3.8) is 0 Å². The molecule has 4 rings (SSSR count). The summed E-state index contributed by atoms with van der Waals surface area (Å²) in [4.78, 5) is 26.0. The minimum Gasteiger partial charge on any atom is -0.356 e. The van der Waals surface area contributed by atoms with Crippen LogP contribution in [-0.4, -0.2) is 61.9 Å². The van der Waals surface area contributed by atoms with Gasteiger partial charge in [-0.05, 0) is 51.8 Å². The van der Waals surface area contributed by atoms with E-state index >= 15 is 0 Å². The van der Waals surface area contributed by atoms with Crippen molar-refractivity contribution in [2.24, 2.45) is 0 Å². The van der Waals surface area contributed by atoms with Gasteiger partial charge in [0.25, 0.3) is 5.91 Å². The van der Waals surface area contributed by atoms with Gasteiger partial charge in [-0.1, -0.05) is 16.8 Å². The van der Waals surface area contributed by atoms with E-state index in [0.29, 0.717) is 11.4 Å². The average molecular weight is 458 g/mol. The summed E-state index contributed by atoms with van der Waals surface area (Å²) >= 11 is 5.89. The van der Waals surface area contributed by atoms with E-state index in [4.69, 9.17) is 11.6 Å². The van der Waals surface area contributed by atoms with Crippen LogP contribution < -0.4 is 4.90 Å². The summed E-state index contributed by atoms with van der Waals surface area (Å²) in [5, 5.41) is 8.18. The second-order valence-electron chi connectivity index (χ2n) is 8.08. The monoisotopic (exact) mass is 457 g/mol. The molecule has 0 unspecified atom stereocenters. The molecule has 1 aliphatic heterocycles. The van der Waals surface area contributed by atoms with Crippen LogP contribution in [0.5, 0.6) is 0 Å². The second-order valence-corrected chi connectivity index (χ2v) is 8.49. The molecule has 8 nitrogen and oxygen atoms in total. The van der Waals surface area contributed by atoms with E-state index in [2.05, 4.69) is 25.2 Å². The quantitative estimate of drug-likeness (QED) is 0.596. The maximum Gasteiger partial charge on any atom is 0.276 e. The minimum atomic E-state index is -0.511. The van der Waals surface area contributed by atoms with E-state index in [1.54, 1.807) is 24.9 Å². The topological polar surface area (TPSA) is 80.0 Å². The molecule has 0 bridgehead atoms. The molecule has 1 aromatic carbocycles. The van der Waals surface area contributed by atoms with E-state index in [0.717, 1.165) is 43.3 Å². The summed E-state index contributed by atoms with van der Waals surface area (Å²) < 4.78 is 15.0. The van der Waals surface area contributed by atoms with Crippen LogP contribution >= 0.6 is 11.6 Å². The molecular formula is C22H25ClFN7O. The van der Waals surface area contributed by atoms with Gasteiger partial charge < -0.3 is 9.80 Å². The van der Waals surface area contributed by atoms with E-state index in [1.807, 2.05) is 19.9 Å². The zero-order valence-corrected chi connectivity index (χ0v) is 19.3. The predicted octanol–water partition coefficient (Wildman–Crippen LogP) is 3.52. The van der Waals surface area contributed by atoms with Gasteiger partial charge in [-0.25, -0.2) is 19.0 Å². The van der Waals surface area contributed by atoms with E-state index in [-0.39, 0.29) is 22.7 Å². The van der Waals surface area contributed by atoms with Crippen molar-refractivity contribution in [2.75, 3.05) is 25.0 Å². The number of hydrogen-bond acceptors (Lipinski definition) is 6. The zero-order chi connectivity index (χ0) is 23.0. The summed E-state index contributed by atoms with van der Waals surface area (Å²) in [6.07, 6.45) is 1.65. The lowest BCUT2D eigenvalue weighted by Gasteiger charge is -2.37. The molecule has 0 atom stereocenters. The molecule has 1 aliphatic rings. The first-order chi connectivity index (χ1) is 15.2. The average Bonchev–Trinajstić information content (AvgIpc) is 3.15. The van der Waals surface area contributed by atoms with Crippen LogP contribution in [0.15, 0.2) is 24.3 Å². The van der Waals surface area contributed by atoms with Crippen LogP contribution in [0.3, 0.4) is 0 Å². The number of nitrogens with zero attached hydrogens (tertiary/aromatic N) is 7. The van der Waals surface area contributed by atoms with Gasteiger partial charge in [-0.2, -0.15) is 0 Å². The van der Waals surface area contributed by atoms with Crippen LogP contribution in [0.4, 0.5) is 10.2 Å². The van der Waals surface area contributed by atoms with Crippen molar-refractivity contribution in [3.8, 4) is 5.69 Å². The van der Waals surface area contributed by atoms with Crippen molar-refractivity contribution >= 4 is 23.3 Å². The smallest absolute Gasteiger partial charge is 0.276 e. The fourth-order valence-corrected chi connectivity index (χ4v) is 4.24. The number of amides is 1. The fraction of sp³-hybridized carbons (Fsp3) is 0.409. The maximum atomic E-state index is 13.5. The summed E-state index contributed by atoms with van der Waals surface area (Å²) in [6.45, 7) is 7.23. The predicted molar refractivity (Wildman–Crippen MR) is 120 cm³/mol. The number of aromatic nitrogens is 5. The molecule has 0 saturated carbocycles. The highest BCUT2D eigenvalue weighted by atomic mass is 35.5. The number of carbonyl (C=O) groups excluding carboxylic acids is 1. The first-order valence-corrected chi connectivity index (χ1v) is 10.8. The molecule has 10 heteroatoms. The number of carbonyl (C=O) groups is 1. The van der Waals surface area contributed by atoms with Gasteiger partial charge in [0.15, 0.2) is 5.69 Å². The van der Waals surface area contributed by atoms with Gasteiger partial charge in [-0.3, -0.25) is 4.79 Å². The number of halogens is 2.